The Kier molecular flexibility index (Phi) is 15.3. The third-order valence-electron chi connectivity index (χ3n) is 10.3. The minimum Gasteiger partial charge on any atom is -0.345 e. The van der Waals surface area contributed by atoms with Crippen LogP contribution in [0.4, 0.5) is 0 Å². The summed E-state index contributed by atoms with van der Waals surface area (Å²) in [5, 5.41) is 11.3. The Hall–Kier alpha value is -4.61. The number of Topliss-reactive ketones (excluding diaryl/α,β-unsaturated/α-hetero) is 1. The van der Waals surface area contributed by atoms with Crippen LogP contribution in [-0.4, -0.2) is 75.9 Å². The fourth-order valence-electron chi connectivity index (χ4n) is 7.41. The van der Waals surface area contributed by atoms with Crippen LogP contribution in [0.15, 0.2) is 54.9 Å². The van der Waals surface area contributed by atoms with Gasteiger partial charge in [-0.2, -0.15) is 0 Å². The first kappa shape index (κ1) is 40.2. The van der Waals surface area contributed by atoms with Crippen molar-refractivity contribution in [1.29, 1.82) is 0 Å². The lowest BCUT2D eigenvalue weighted by atomic mass is 9.83. The molecule has 1 aliphatic carbocycles. The number of pyridine rings is 1. The van der Waals surface area contributed by atoms with Gasteiger partial charge in [0.05, 0.1) is 6.04 Å². The SMILES string of the molecule is CCCC(NC(=O)[C@@H]1C[C@@H](CCc2ccccc2)CN1C(=O)[C@@H](NC(=O)C(NC(C)=O)C1CCCCC1)C(C)C)C(=O)C(=O)NCc1ccncc1. The number of ketones is 1. The zero-order chi connectivity index (χ0) is 37.6. The van der Waals surface area contributed by atoms with E-state index in [-0.39, 0.29) is 42.5 Å². The van der Waals surface area contributed by atoms with Crippen LogP contribution in [0.2, 0.25) is 0 Å². The molecular weight excluding hydrogens is 660 g/mol. The molecule has 5 amide bonds. The van der Waals surface area contributed by atoms with Gasteiger partial charge in [-0.05, 0) is 79.5 Å². The molecule has 2 fully saturated rings. The Morgan fingerprint density at radius 3 is 2.21 bits per heavy atom. The molecule has 12 nitrogen and oxygen atoms in total. The smallest absolute Gasteiger partial charge is 0.289 e. The van der Waals surface area contributed by atoms with E-state index in [2.05, 4.69) is 26.3 Å². The number of amides is 5. The number of aromatic nitrogens is 1. The third kappa shape index (κ3) is 11.4. The number of hydrogen-bond acceptors (Lipinski definition) is 7. The molecule has 0 spiro atoms. The van der Waals surface area contributed by atoms with Gasteiger partial charge in [0, 0.05) is 32.4 Å². The van der Waals surface area contributed by atoms with Gasteiger partial charge in [-0.3, -0.25) is 33.8 Å². The second-order valence-corrected chi connectivity index (χ2v) is 14.7. The van der Waals surface area contributed by atoms with Gasteiger partial charge in [0.1, 0.15) is 18.1 Å². The average molecular weight is 717 g/mol. The van der Waals surface area contributed by atoms with Gasteiger partial charge in [0.25, 0.3) is 5.91 Å². The van der Waals surface area contributed by atoms with Crippen molar-refractivity contribution in [3.05, 3.63) is 66.0 Å². The Morgan fingerprint density at radius 1 is 0.885 bits per heavy atom. The van der Waals surface area contributed by atoms with E-state index in [1.807, 2.05) is 51.1 Å². The maximum Gasteiger partial charge on any atom is 0.289 e. The van der Waals surface area contributed by atoms with Crippen LogP contribution in [-0.2, 0) is 41.7 Å². The summed E-state index contributed by atoms with van der Waals surface area (Å²) >= 11 is 0. The van der Waals surface area contributed by atoms with Crippen molar-refractivity contribution in [2.24, 2.45) is 17.8 Å². The van der Waals surface area contributed by atoms with E-state index in [1.165, 1.54) is 6.92 Å². The summed E-state index contributed by atoms with van der Waals surface area (Å²) in [5.41, 5.74) is 1.93. The topological polar surface area (TPSA) is 167 Å². The minimum atomic E-state index is -1.07. The predicted molar refractivity (Wildman–Crippen MR) is 197 cm³/mol. The third-order valence-corrected chi connectivity index (χ3v) is 10.3. The van der Waals surface area contributed by atoms with Crippen molar-refractivity contribution in [3.8, 4) is 0 Å². The number of benzene rings is 1. The van der Waals surface area contributed by atoms with Gasteiger partial charge in [-0.25, -0.2) is 0 Å². The van der Waals surface area contributed by atoms with E-state index in [9.17, 15) is 28.8 Å². The summed E-state index contributed by atoms with van der Waals surface area (Å²) in [5.74, 6) is -3.50. The Balaban J connectivity index is 1.52. The maximum atomic E-state index is 14.5. The summed E-state index contributed by atoms with van der Waals surface area (Å²) in [7, 11) is 0. The van der Waals surface area contributed by atoms with Crippen molar-refractivity contribution in [1.82, 2.24) is 31.2 Å². The summed E-state index contributed by atoms with van der Waals surface area (Å²) in [6.45, 7) is 7.38. The first-order chi connectivity index (χ1) is 25.0. The molecule has 2 aromatic rings. The minimum absolute atomic E-state index is 0.0122. The molecular formula is C40H56N6O6. The zero-order valence-electron chi connectivity index (χ0n) is 31.1. The molecule has 5 atom stereocenters. The van der Waals surface area contributed by atoms with E-state index in [0.29, 0.717) is 19.4 Å². The molecule has 4 N–H and O–H groups in total. The van der Waals surface area contributed by atoms with Crippen molar-refractivity contribution in [2.75, 3.05) is 6.54 Å². The van der Waals surface area contributed by atoms with Crippen LogP contribution >= 0.6 is 0 Å². The quantitative estimate of drug-likeness (QED) is 0.182. The second kappa shape index (κ2) is 19.8. The molecule has 2 unspecified atom stereocenters. The molecule has 1 aliphatic heterocycles. The summed E-state index contributed by atoms with van der Waals surface area (Å²) in [4.78, 5) is 86.3. The van der Waals surface area contributed by atoms with E-state index in [1.54, 1.807) is 29.4 Å². The molecule has 0 bridgehead atoms. The standard InChI is InChI=1S/C40H56N6O6/c1-5-12-32(36(48)39(51)42-24-29-19-21-41-22-20-29)44-37(49)33-23-30(18-17-28-13-8-6-9-14-28)25-46(33)40(52)34(26(2)3)45-38(50)35(43-27(4)47)31-15-10-7-11-16-31/h6,8-9,13-14,19-22,26,30-35H,5,7,10-12,15-18,23-25H2,1-4H3,(H,42,51)(H,43,47)(H,44,49)(H,45,50)/t30-,32?,33+,34+,35?/m1/s1. The number of nitrogens with zero attached hydrogens (tertiary/aromatic N) is 2. The van der Waals surface area contributed by atoms with Gasteiger partial charge in [-0.1, -0.05) is 76.8 Å². The summed E-state index contributed by atoms with van der Waals surface area (Å²) in [6.07, 6.45) is 10.5. The lowest BCUT2D eigenvalue weighted by molar-refractivity contribution is -0.144. The number of hydrogen-bond donors (Lipinski definition) is 4. The van der Waals surface area contributed by atoms with Crippen molar-refractivity contribution in [2.45, 2.75) is 123 Å². The maximum absolute atomic E-state index is 14.5. The number of nitrogens with one attached hydrogen (secondary N) is 4. The molecule has 1 aromatic carbocycles. The molecule has 2 aliphatic rings. The number of carbonyl (C=O) groups is 6. The molecule has 12 heteroatoms. The highest BCUT2D eigenvalue weighted by atomic mass is 16.2. The van der Waals surface area contributed by atoms with E-state index < -0.39 is 47.7 Å². The van der Waals surface area contributed by atoms with Gasteiger partial charge < -0.3 is 26.2 Å². The van der Waals surface area contributed by atoms with E-state index >= 15 is 0 Å². The number of aryl methyl sites for hydroxylation is 1. The lowest BCUT2D eigenvalue weighted by Gasteiger charge is -2.34. The van der Waals surface area contributed by atoms with Crippen LogP contribution in [0.3, 0.4) is 0 Å². The van der Waals surface area contributed by atoms with Crippen LogP contribution < -0.4 is 21.3 Å². The first-order valence-electron chi connectivity index (χ1n) is 18.9. The molecule has 282 valence electrons. The van der Waals surface area contributed by atoms with Crippen LogP contribution in [0.5, 0.6) is 0 Å². The van der Waals surface area contributed by atoms with E-state index in [4.69, 9.17) is 0 Å². The van der Waals surface area contributed by atoms with Gasteiger partial charge in [0.2, 0.25) is 29.4 Å². The van der Waals surface area contributed by atoms with Crippen molar-refractivity contribution in [3.63, 3.8) is 0 Å². The van der Waals surface area contributed by atoms with Crippen LogP contribution in [0.25, 0.3) is 0 Å². The highest BCUT2D eigenvalue weighted by Gasteiger charge is 2.44. The Morgan fingerprint density at radius 2 is 1.58 bits per heavy atom. The highest BCUT2D eigenvalue weighted by Crippen LogP contribution is 2.30. The average Bonchev–Trinajstić information content (AvgIpc) is 3.59. The first-order valence-corrected chi connectivity index (χ1v) is 18.9. The number of likely N-dealkylation sites (tertiary alicyclic amines) is 1. The van der Waals surface area contributed by atoms with Gasteiger partial charge >= 0.3 is 0 Å². The number of rotatable bonds is 17. The molecule has 52 heavy (non-hydrogen) atoms. The van der Waals surface area contributed by atoms with Crippen molar-refractivity contribution < 1.29 is 28.8 Å². The molecule has 2 heterocycles. The fourth-order valence-corrected chi connectivity index (χ4v) is 7.41. The fraction of sp³-hybridized carbons (Fsp3) is 0.575. The summed E-state index contributed by atoms with van der Waals surface area (Å²) < 4.78 is 0. The Bertz CT molecular complexity index is 1510. The normalized spacial score (nSPS) is 19.3. The molecule has 4 rings (SSSR count). The zero-order valence-corrected chi connectivity index (χ0v) is 31.1. The molecule has 1 aromatic heterocycles. The molecule has 0 radical (unpaired) electrons. The molecule has 1 saturated carbocycles. The second-order valence-electron chi connectivity index (χ2n) is 14.7. The van der Waals surface area contributed by atoms with Crippen molar-refractivity contribution >= 4 is 35.3 Å². The van der Waals surface area contributed by atoms with E-state index in [0.717, 1.165) is 56.1 Å². The summed E-state index contributed by atoms with van der Waals surface area (Å²) in [6, 6.07) is 9.81. The Labute approximate surface area is 307 Å². The number of carbonyl (C=O) groups excluding carboxylic acids is 6. The predicted octanol–water partition coefficient (Wildman–Crippen LogP) is 3.63. The lowest BCUT2D eigenvalue weighted by Crippen LogP contribution is -2.60. The van der Waals surface area contributed by atoms with Crippen LogP contribution in [0, 0.1) is 17.8 Å². The van der Waals surface area contributed by atoms with Crippen LogP contribution in [0.1, 0.15) is 96.6 Å². The molecule has 1 saturated heterocycles. The van der Waals surface area contributed by atoms with Gasteiger partial charge in [0.15, 0.2) is 0 Å². The highest BCUT2D eigenvalue weighted by molar-refractivity contribution is 6.38. The largest absolute Gasteiger partial charge is 0.345 e. The monoisotopic (exact) mass is 716 g/mol. The van der Waals surface area contributed by atoms with Gasteiger partial charge in [-0.15, -0.1) is 0 Å².